The van der Waals surface area contributed by atoms with Crippen molar-refractivity contribution in [1.29, 1.82) is 0 Å². The second-order valence-electron chi connectivity index (χ2n) is 6.87. The molecule has 2 fully saturated rings. The molecule has 0 bridgehead atoms. The third kappa shape index (κ3) is 5.33. The Morgan fingerprint density at radius 1 is 1.07 bits per heavy atom. The summed E-state index contributed by atoms with van der Waals surface area (Å²) in [7, 11) is 0. The van der Waals surface area contributed by atoms with Gasteiger partial charge in [0.05, 0.1) is 25.4 Å². The third-order valence-corrected chi connectivity index (χ3v) is 5.68. The lowest BCUT2D eigenvalue weighted by Gasteiger charge is -2.45. The maximum absolute atomic E-state index is 11.5. The van der Waals surface area contributed by atoms with Crippen LogP contribution in [0.1, 0.15) is 13.3 Å². The minimum Gasteiger partial charge on any atom is -0.394 e. The number of thioether (sulfide) groups is 1. The minimum atomic E-state index is -1.44. The Hall–Kier alpha value is -0.540. The highest BCUT2D eigenvalue weighted by Gasteiger charge is 2.48. The van der Waals surface area contributed by atoms with Crippen LogP contribution in [-0.2, 0) is 19.0 Å². The predicted octanol–water partition coefficient (Wildman–Crippen LogP) is -3.49. The van der Waals surface area contributed by atoms with Crippen LogP contribution in [0, 0.1) is 0 Å². The number of amides is 1. The summed E-state index contributed by atoms with van der Waals surface area (Å²) in [6, 6.07) is -0.854. The smallest absolute Gasteiger partial charge is 0.217 e. The van der Waals surface area contributed by atoms with Gasteiger partial charge in [-0.05, 0) is 6.26 Å². The predicted molar refractivity (Wildman–Crippen MR) is 96.1 cm³/mol. The number of carbonyl (C=O) groups excluding carboxylic acids is 1. The zero-order chi connectivity index (χ0) is 21.0. The Bertz CT molecular complexity index is 514. The molecule has 164 valence electrons. The highest BCUT2D eigenvalue weighted by molar-refractivity contribution is 7.99. The number of hydrogen-bond donors (Lipinski definition) is 7. The summed E-state index contributed by atoms with van der Waals surface area (Å²) in [5.74, 6) is -0.398. The van der Waals surface area contributed by atoms with Crippen molar-refractivity contribution in [2.45, 2.75) is 73.8 Å². The molecule has 1 amide bonds. The van der Waals surface area contributed by atoms with Crippen LogP contribution in [0.3, 0.4) is 0 Å². The second kappa shape index (κ2) is 10.5. The molecule has 11 nitrogen and oxygen atoms in total. The van der Waals surface area contributed by atoms with E-state index in [9.17, 15) is 35.4 Å². The molecule has 12 heteroatoms. The van der Waals surface area contributed by atoms with E-state index in [0.29, 0.717) is 0 Å². The lowest BCUT2D eigenvalue weighted by molar-refractivity contribution is -0.287. The third-order valence-electron chi connectivity index (χ3n) is 4.81. The number of aliphatic hydroxyl groups is 6. The highest BCUT2D eigenvalue weighted by atomic mass is 32.2. The molecule has 0 radical (unpaired) electrons. The first-order chi connectivity index (χ1) is 13.2. The highest BCUT2D eigenvalue weighted by Crippen LogP contribution is 2.31. The van der Waals surface area contributed by atoms with Gasteiger partial charge in [-0.25, -0.2) is 0 Å². The zero-order valence-electron chi connectivity index (χ0n) is 15.6. The topological polar surface area (TPSA) is 178 Å². The molecule has 0 aromatic heterocycles. The lowest BCUT2D eigenvalue weighted by atomic mass is 9.97. The standard InChI is InChI=1S/C16H29NO10S/c1-6(20)17-11-13(24)14(10(5-19)26-16(11)28-2)27-15-8(22)3-7(21)12(23)9(4-18)25-15/h7-16,18-19,21-24H,3-5H2,1-2H3,(H,17,20). The van der Waals surface area contributed by atoms with Crippen molar-refractivity contribution < 1.29 is 49.6 Å². The van der Waals surface area contributed by atoms with Gasteiger partial charge < -0.3 is 50.2 Å². The fourth-order valence-electron chi connectivity index (χ4n) is 3.34. The number of ether oxygens (including phenoxy) is 3. The van der Waals surface area contributed by atoms with Gasteiger partial charge in [0.1, 0.15) is 42.1 Å². The van der Waals surface area contributed by atoms with Crippen molar-refractivity contribution in [2.75, 3.05) is 19.5 Å². The Labute approximate surface area is 166 Å². The van der Waals surface area contributed by atoms with Crippen LogP contribution in [0.25, 0.3) is 0 Å². The van der Waals surface area contributed by atoms with E-state index in [2.05, 4.69) is 5.32 Å². The quantitative estimate of drug-likeness (QED) is 0.224. The largest absolute Gasteiger partial charge is 0.394 e. The fourth-order valence-corrected chi connectivity index (χ4v) is 4.12. The minimum absolute atomic E-state index is 0.293. The van der Waals surface area contributed by atoms with Gasteiger partial charge in [0.25, 0.3) is 0 Å². The van der Waals surface area contributed by atoms with E-state index in [0.717, 1.165) is 0 Å². The SMILES string of the molecule is CSC1OC(CO)C(OC2OC(CO)C(O)C(O)CC2O)C(O)C1NC(C)=O. The molecule has 0 aliphatic carbocycles. The van der Waals surface area contributed by atoms with E-state index in [1.807, 2.05) is 0 Å². The van der Waals surface area contributed by atoms with Crippen LogP contribution in [0.5, 0.6) is 0 Å². The molecule has 2 rings (SSSR count). The van der Waals surface area contributed by atoms with E-state index in [-0.39, 0.29) is 6.42 Å². The molecule has 2 heterocycles. The fraction of sp³-hybridized carbons (Fsp3) is 0.938. The van der Waals surface area contributed by atoms with Gasteiger partial charge in [-0.2, -0.15) is 0 Å². The van der Waals surface area contributed by atoms with Crippen molar-refractivity contribution in [3.05, 3.63) is 0 Å². The van der Waals surface area contributed by atoms with E-state index < -0.39 is 79.6 Å². The van der Waals surface area contributed by atoms with Crippen molar-refractivity contribution >= 4 is 17.7 Å². The van der Waals surface area contributed by atoms with Crippen molar-refractivity contribution in [3.63, 3.8) is 0 Å². The second-order valence-corrected chi connectivity index (χ2v) is 7.80. The molecule has 2 aliphatic rings. The lowest BCUT2D eigenvalue weighted by Crippen LogP contribution is -2.64. The van der Waals surface area contributed by atoms with Gasteiger partial charge in [-0.15, -0.1) is 11.8 Å². The molecule has 0 aromatic carbocycles. The Morgan fingerprint density at radius 3 is 2.25 bits per heavy atom. The monoisotopic (exact) mass is 427 g/mol. The van der Waals surface area contributed by atoms with Gasteiger partial charge in [0, 0.05) is 13.3 Å². The molecule has 10 atom stereocenters. The average Bonchev–Trinajstić information content (AvgIpc) is 2.75. The van der Waals surface area contributed by atoms with Crippen LogP contribution >= 0.6 is 11.8 Å². The Morgan fingerprint density at radius 2 is 1.71 bits per heavy atom. The molecule has 0 saturated carbocycles. The number of rotatable bonds is 6. The summed E-state index contributed by atoms with van der Waals surface area (Å²) in [5.41, 5.74) is -0.648. The molecule has 7 N–H and O–H groups in total. The van der Waals surface area contributed by atoms with Crippen molar-refractivity contribution in [1.82, 2.24) is 5.32 Å². The molecular weight excluding hydrogens is 398 g/mol. The summed E-state index contributed by atoms with van der Waals surface area (Å²) in [6.45, 7) is 0.134. The van der Waals surface area contributed by atoms with Crippen LogP contribution < -0.4 is 5.32 Å². The summed E-state index contributed by atoms with van der Waals surface area (Å²) in [6.07, 6.45) is -8.90. The summed E-state index contributed by atoms with van der Waals surface area (Å²) >= 11 is 1.23. The maximum atomic E-state index is 11.5. The molecule has 0 spiro atoms. The van der Waals surface area contributed by atoms with E-state index >= 15 is 0 Å². The maximum Gasteiger partial charge on any atom is 0.217 e. The number of hydrogen-bond acceptors (Lipinski definition) is 11. The Kier molecular flexibility index (Phi) is 8.88. The number of aliphatic hydroxyl groups excluding tert-OH is 6. The number of carbonyl (C=O) groups is 1. The molecule has 2 saturated heterocycles. The number of nitrogens with one attached hydrogen (secondary N) is 1. The van der Waals surface area contributed by atoms with Gasteiger partial charge in [0.2, 0.25) is 5.91 Å². The van der Waals surface area contributed by atoms with Crippen LogP contribution in [0.2, 0.25) is 0 Å². The summed E-state index contributed by atoms with van der Waals surface area (Å²) in [4.78, 5) is 11.5. The normalized spacial score (nSPS) is 44.7. The van der Waals surface area contributed by atoms with Crippen LogP contribution in [0.15, 0.2) is 0 Å². The zero-order valence-corrected chi connectivity index (χ0v) is 16.4. The van der Waals surface area contributed by atoms with Crippen molar-refractivity contribution in [3.8, 4) is 0 Å². The molecule has 2 aliphatic heterocycles. The van der Waals surface area contributed by atoms with Crippen LogP contribution in [0.4, 0.5) is 0 Å². The van der Waals surface area contributed by atoms with Gasteiger partial charge >= 0.3 is 0 Å². The molecule has 0 aromatic rings. The van der Waals surface area contributed by atoms with E-state index in [1.54, 1.807) is 6.26 Å². The van der Waals surface area contributed by atoms with Gasteiger partial charge in [0.15, 0.2) is 6.29 Å². The Balaban J connectivity index is 2.21. The van der Waals surface area contributed by atoms with Gasteiger partial charge in [-0.3, -0.25) is 4.79 Å². The van der Waals surface area contributed by atoms with Crippen LogP contribution in [-0.4, -0.2) is 117 Å². The molecule has 28 heavy (non-hydrogen) atoms. The molecular formula is C16H29NO10S. The summed E-state index contributed by atoms with van der Waals surface area (Å²) in [5, 5.41) is 62.5. The van der Waals surface area contributed by atoms with E-state index in [1.165, 1.54) is 18.7 Å². The average molecular weight is 427 g/mol. The molecule has 10 unspecified atom stereocenters. The van der Waals surface area contributed by atoms with Crippen molar-refractivity contribution in [2.24, 2.45) is 0 Å². The first-order valence-electron chi connectivity index (χ1n) is 8.93. The van der Waals surface area contributed by atoms with Gasteiger partial charge in [-0.1, -0.05) is 0 Å². The first-order valence-corrected chi connectivity index (χ1v) is 10.2. The first kappa shape index (κ1) is 23.7. The summed E-state index contributed by atoms with van der Waals surface area (Å²) < 4.78 is 16.8. The van der Waals surface area contributed by atoms with E-state index in [4.69, 9.17) is 14.2 Å².